The number of nitrogens with one attached hydrogen (secondary N) is 2. The second-order valence-corrected chi connectivity index (χ2v) is 10.8. The summed E-state index contributed by atoms with van der Waals surface area (Å²) in [6.07, 6.45) is 7.86. The average Bonchev–Trinajstić information content (AvgIpc) is 2.97. The Kier molecular flexibility index (Phi) is 8.31. The van der Waals surface area contributed by atoms with Gasteiger partial charge in [0.1, 0.15) is 0 Å². The number of fused-ring (bicyclic) bond motifs is 3. The highest BCUT2D eigenvalue weighted by molar-refractivity contribution is 5.96. The van der Waals surface area contributed by atoms with Crippen molar-refractivity contribution < 1.29 is 9.59 Å². The molecule has 8 heteroatoms. The van der Waals surface area contributed by atoms with Gasteiger partial charge in [-0.1, -0.05) is 26.0 Å². The molecule has 39 heavy (non-hydrogen) atoms. The van der Waals surface area contributed by atoms with E-state index in [1.807, 2.05) is 12.1 Å². The topological polar surface area (TPSA) is 100 Å². The molecule has 0 spiro atoms. The van der Waals surface area contributed by atoms with Crippen molar-refractivity contribution in [2.45, 2.75) is 64.3 Å². The highest BCUT2D eigenvalue weighted by Gasteiger charge is 2.41. The number of nitrogens with zero attached hydrogens (tertiary/aromatic N) is 4. The van der Waals surface area contributed by atoms with E-state index < -0.39 is 0 Å². The number of urea groups is 1. The SMILES string of the molecule is CCC(CC)c1cc([C@H]2CN3CC[C@H]2C[C@@H]3CNC(=O)Nc2cccc(C(C)=O)c2)nc(-c2ccncc2)n1. The molecule has 3 aliphatic heterocycles. The molecule has 1 unspecified atom stereocenters. The number of hydrogen-bond donors (Lipinski definition) is 2. The van der Waals surface area contributed by atoms with Crippen LogP contribution in [0, 0.1) is 5.92 Å². The van der Waals surface area contributed by atoms with Crippen molar-refractivity contribution in [1.29, 1.82) is 0 Å². The molecule has 2 amide bonds. The van der Waals surface area contributed by atoms with E-state index in [4.69, 9.17) is 9.97 Å². The van der Waals surface area contributed by atoms with Crippen LogP contribution in [0.5, 0.6) is 0 Å². The predicted molar refractivity (Wildman–Crippen MR) is 153 cm³/mol. The first kappa shape index (κ1) is 26.9. The number of Topliss-reactive ketones (excluding diaryl/α,β-unsaturated/α-hetero) is 1. The van der Waals surface area contributed by atoms with Crippen LogP contribution in [0.15, 0.2) is 54.9 Å². The molecule has 1 aromatic carbocycles. The standard InChI is InChI=1S/C31H38N6O2/c1-4-21(5-2)28-17-29(36-30(35-28)22-9-12-32-13-10-22)27-19-37-14-11-24(27)16-26(37)18-33-31(39)34-25-8-6-7-23(15-25)20(3)38/h6-10,12-13,15,17,21,24,26-27H,4-5,11,14,16,18-19H2,1-3H3,(H2,33,34,39)/t24-,26+,27-/m0/s1. The highest BCUT2D eigenvalue weighted by atomic mass is 16.2. The van der Waals surface area contributed by atoms with Gasteiger partial charge < -0.3 is 10.6 Å². The van der Waals surface area contributed by atoms with Crippen molar-refractivity contribution >= 4 is 17.5 Å². The fourth-order valence-electron chi connectivity index (χ4n) is 6.11. The quantitative estimate of drug-likeness (QED) is 0.350. The molecule has 4 atom stereocenters. The Bertz CT molecular complexity index is 1310. The molecule has 5 heterocycles. The molecule has 2 aromatic heterocycles. The lowest BCUT2D eigenvalue weighted by molar-refractivity contribution is 0.0307. The van der Waals surface area contributed by atoms with E-state index in [1.165, 1.54) is 6.92 Å². The Balaban J connectivity index is 1.27. The summed E-state index contributed by atoms with van der Waals surface area (Å²) in [5, 5.41) is 5.91. The third-order valence-corrected chi connectivity index (χ3v) is 8.39. The van der Waals surface area contributed by atoms with Gasteiger partial charge in [-0.3, -0.25) is 14.7 Å². The number of rotatable bonds is 9. The largest absolute Gasteiger partial charge is 0.336 e. The van der Waals surface area contributed by atoms with Gasteiger partial charge in [-0.25, -0.2) is 14.8 Å². The molecule has 0 aliphatic carbocycles. The molecule has 204 valence electrons. The molecule has 0 radical (unpaired) electrons. The third-order valence-electron chi connectivity index (χ3n) is 8.39. The number of hydrogen-bond acceptors (Lipinski definition) is 6. The van der Waals surface area contributed by atoms with Crippen LogP contribution in [0.4, 0.5) is 10.5 Å². The summed E-state index contributed by atoms with van der Waals surface area (Å²) in [5.41, 5.74) is 4.48. The van der Waals surface area contributed by atoms with E-state index in [0.717, 1.165) is 61.5 Å². The maximum Gasteiger partial charge on any atom is 0.319 e. The van der Waals surface area contributed by atoms with Crippen molar-refractivity contribution in [3.05, 3.63) is 71.8 Å². The second-order valence-electron chi connectivity index (χ2n) is 10.8. The van der Waals surface area contributed by atoms with Gasteiger partial charge in [0.25, 0.3) is 0 Å². The number of carbonyl (C=O) groups excluding carboxylic acids is 2. The molecule has 3 aromatic rings. The van der Waals surface area contributed by atoms with E-state index in [9.17, 15) is 9.59 Å². The van der Waals surface area contributed by atoms with Gasteiger partial charge in [-0.2, -0.15) is 0 Å². The van der Waals surface area contributed by atoms with Gasteiger partial charge in [0.2, 0.25) is 0 Å². The monoisotopic (exact) mass is 526 g/mol. The smallest absolute Gasteiger partial charge is 0.319 e. The molecule has 3 saturated heterocycles. The van der Waals surface area contributed by atoms with Crippen LogP contribution in [0.3, 0.4) is 0 Å². The van der Waals surface area contributed by atoms with Gasteiger partial charge in [-0.15, -0.1) is 0 Å². The minimum absolute atomic E-state index is 0.0248. The van der Waals surface area contributed by atoms with E-state index in [-0.39, 0.29) is 11.8 Å². The van der Waals surface area contributed by atoms with Crippen molar-refractivity contribution in [3.8, 4) is 11.4 Å². The van der Waals surface area contributed by atoms with Crippen LogP contribution in [-0.2, 0) is 0 Å². The second kappa shape index (κ2) is 12.0. The lowest BCUT2D eigenvalue weighted by Gasteiger charge is -2.49. The number of carbonyl (C=O) groups is 2. The summed E-state index contributed by atoms with van der Waals surface area (Å²) in [6, 6.07) is 13.3. The lowest BCUT2D eigenvalue weighted by Crippen LogP contribution is -2.56. The van der Waals surface area contributed by atoms with Crippen molar-refractivity contribution in [2.75, 3.05) is 25.0 Å². The summed E-state index contributed by atoms with van der Waals surface area (Å²) in [6.45, 7) is 8.54. The molecule has 8 nitrogen and oxygen atoms in total. The first-order valence-electron chi connectivity index (χ1n) is 14.1. The zero-order valence-electron chi connectivity index (χ0n) is 23.1. The van der Waals surface area contributed by atoms with Gasteiger partial charge in [-0.05, 0) is 75.4 Å². The minimum Gasteiger partial charge on any atom is -0.336 e. The zero-order valence-corrected chi connectivity index (χ0v) is 23.1. The summed E-state index contributed by atoms with van der Waals surface area (Å²) in [4.78, 5) is 41.0. The first-order valence-corrected chi connectivity index (χ1v) is 14.1. The number of benzene rings is 1. The molecule has 0 saturated carbocycles. The average molecular weight is 527 g/mol. The summed E-state index contributed by atoms with van der Waals surface area (Å²) < 4.78 is 0. The Hall–Kier alpha value is -3.65. The molecule has 6 rings (SSSR count). The number of amides is 2. The van der Waals surface area contributed by atoms with Crippen LogP contribution in [-0.4, -0.2) is 57.3 Å². The van der Waals surface area contributed by atoms with Gasteiger partial charge in [0.05, 0.1) is 0 Å². The molecule has 2 N–H and O–H groups in total. The molecule has 3 aliphatic rings. The van der Waals surface area contributed by atoms with Crippen LogP contribution < -0.4 is 10.6 Å². The minimum atomic E-state index is -0.248. The third kappa shape index (κ3) is 6.17. The van der Waals surface area contributed by atoms with Crippen LogP contribution in [0.2, 0.25) is 0 Å². The molecule has 2 bridgehead atoms. The van der Waals surface area contributed by atoms with E-state index in [2.05, 4.69) is 40.4 Å². The van der Waals surface area contributed by atoms with E-state index in [0.29, 0.717) is 41.6 Å². The number of aromatic nitrogens is 3. The summed E-state index contributed by atoms with van der Waals surface area (Å²) >= 11 is 0. The summed E-state index contributed by atoms with van der Waals surface area (Å²) in [5.74, 6) is 2.06. The number of anilines is 1. The van der Waals surface area contributed by atoms with Gasteiger partial charge >= 0.3 is 6.03 Å². The van der Waals surface area contributed by atoms with Crippen molar-refractivity contribution in [1.82, 2.24) is 25.2 Å². The normalized spacial score (nSPS) is 22.1. The Labute approximate surface area is 230 Å². The van der Waals surface area contributed by atoms with Crippen LogP contribution >= 0.6 is 0 Å². The van der Waals surface area contributed by atoms with Gasteiger partial charge in [0, 0.05) is 71.6 Å². The maximum atomic E-state index is 12.6. The fraction of sp³-hybridized carbons (Fsp3) is 0.452. The predicted octanol–water partition coefficient (Wildman–Crippen LogP) is 5.64. The first-order chi connectivity index (χ1) is 18.9. The Morgan fingerprint density at radius 3 is 2.56 bits per heavy atom. The molecule has 3 fully saturated rings. The van der Waals surface area contributed by atoms with Gasteiger partial charge in [0.15, 0.2) is 11.6 Å². The molecular formula is C31H38N6O2. The summed E-state index contributed by atoms with van der Waals surface area (Å²) in [7, 11) is 0. The van der Waals surface area contributed by atoms with E-state index in [1.54, 1.807) is 36.7 Å². The van der Waals surface area contributed by atoms with Crippen molar-refractivity contribution in [3.63, 3.8) is 0 Å². The maximum absolute atomic E-state index is 12.6. The highest BCUT2D eigenvalue weighted by Crippen LogP contribution is 2.42. The number of ketones is 1. The fourth-order valence-corrected chi connectivity index (χ4v) is 6.11. The van der Waals surface area contributed by atoms with Crippen LogP contribution in [0.1, 0.15) is 80.0 Å². The van der Waals surface area contributed by atoms with Crippen molar-refractivity contribution in [2.24, 2.45) is 5.92 Å². The lowest BCUT2D eigenvalue weighted by atomic mass is 9.74. The molecular weight excluding hydrogens is 488 g/mol. The number of piperidine rings is 3. The number of pyridine rings is 1. The Morgan fingerprint density at radius 1 is 1.08 bits per heavy atom. The van der Waals surface area contributed by atoms with E-state index >= 15 is 0 Å². The van der Waals surface area contributed by atoms with Crippen LogP contribution in [0.25, 0.3) is 11.4 Å². The zero-order chi connectivity index (χ0) is 27.4. The Morgan fingerprint density at radius 2 is 1.87 bits per heavy atom.